The first-order valence-corrected chi connectivity index (χ1v) is 7.66. The molecule has 0 spiro atoms. The van der Waals surface area contributed by atoms with Crippen molar-refractivity contribution in [3.63, 3.8) is 0 Å². The lowest BCUT2D eigenvalue weighted by molar-refractivity contribution is -0.139. The van der Waals surface area contributed by atoms with Crippen molar-refractivity contribution >= 4 is 5.91 Å². The van der Waals surface area contributed by atoms with Crippen LogP contribution in [0.15, 0.2) is 48.9 Å². The Morgan fingerprint density at radius 3 is 2.96 bits per heavy atom. The van der Waals surface area contributed by atoms with Gasteiger partial charge in [-0.25, -0.2) is 0 Å². The molecule has 1 aromatic heterocycles. The summed E-state index contributed by atoms with van der Waals surface area (Å²) in [5, 5.41) is 0. The molecule has 1 aliphatic heterocycles. The number of ether oxygens (including phenoxy) is 2. The predicted molar refractivity (Wildman–Crippen MR) is 83.9 cm³/mol. The van der Waals surface area contributed by atoms with Gasteiger partial charge in [-0.2, -0.15) is 0 Å². The van der Waals surface area contributed by atoms with Crippen molar-refractivity contribution in [2.24, 2.45) is 0 Å². The third-order valence-electron chi connectivity index (χ3n) is 3.66. The molecule has 0 saturated carbocycles. The van der Waals surface area contributed by atoms with Crippen LogP contribution in [0.4, 0.5) is 0 Å². The second-order valence-corrected chi connectivity index (χ2v) is 5.24. The summed E-state index contributed by atoms with van der Waals surface area (Å²) in [5.41, 5.74) is 0.755. The molecule has 6 nitrogen and oxygen atoms in total. The van der Waals surface area contributed by atoms with Crippen LogP contribution in [0.5, 0.6) is 5.75 Å². The van der Waals surface area contributed by atoms with Crippen LogP contribution in [-0.4, -0.2) is 47.1 Å². The van der Waals surface area contributed by atoms with Gasteiger partial charge >= 0.3 is 0 Å². The van der Waals surface area contributed by atoms with Crippen LogP contribution in [-0.2, 0) is 9.53 Å². The van der Waals surface area contributed by atoms with Gasteiger partial charge in [-0.15, -0.1) is 0 Å². The predicted octanol–water partition coefficient (Wildman–Crippen LogP) is 1.85. The molecule has 23 heavy (non-hydrogen) atoms. The first-order chi connectivity index (χ1) is 11.3. The van der Waals surface area contributed by atoms with Crippen LogP contribution in [0.25, 0.3) is 0 Å². The Balaban J connectivity index is 1.49. The van der Waals surface area contributed by atoms with Crippen molar-refractivity contribution in [2.75, 3.05) is 26.3 Å². The maximum atomic E-state index is 12.3. The fourth-order valence-electron chi connectivity index (χ4n) is 2.46. The fraction of sp³-hybridized carbons (Fsp3) is 0.353. The number of rotatable bonds is 5. The molecule has 1 amide bonds. The van der Waals surface area contributed by atoms with E-state index in [0.29, 0.717) is 32.7 Å². The average molecular weight is 313 g/mol. The molecule has 0 unspecified atom stereocenters. The van der Waals surface area contributed by atoms with Gasteiger partial charge in [0.15, 0.2) is 0 Å². The molecule has 6 heteroatoms. The zero-order valence-corrected chi connectivity index (χ0v) is 12.8. The van der Waals surface area contributed by atoms with Gasteiger partial charge in [-0.3, -0.25) is 14.8 Å². The molecular formula is C17H19N3O3. The summed E-state index contributed by atoms with van der Waals surface area (Å²) in [6, 6.07) is 9.50. The monoisotopic (exact) mass is 313 g/mol. The van der Waals surface area contributed by atoms with Gasteiger partial charge in [0.05, 0.1) is 38.1 Å². The largest absolute Gasteiger partial charge is 0.493 e. The van der Waals surface area contributed by atoms with E-state index < -0.39 is 0 Å². The Morgan fingerprint density at radius 1 is 1.30 bits per heavy atom. The first-order valence-electron chi connectivity index (χ1n) is 7.66. The highest BCUT2D eigenvalue weighted by molar-refractivity contribution is 5.76. The van der Waals surface area contributed by atoms with Gasteiger partial charge in [-0.1, -0.05) is 18.2 Å². The minimum atomic E-state index is -0.212. The number of morpholine rings is 1. The molecule has 120 valence electrons. The molecule has 2 aromatic rings. The Kier molecular flexibility index (Phi) is 5.16. The number of carbonyl (C=O) groups excluding carboxylic acids is 1. The van der Waals surface area contributed by atoms with Gasteiger partial charge in [-0.05, 0) is 12.1 Å². The average Bonchev–Trinajstić information content (AvgIpc) is 2.63. The van der Waals surface area contributed by atoms with E-state index in [-0.39, 0.29) is 12.0 Å². The normalized spacial score (nSPS) is 17.7. The van der Waals surface area contributed by atoms with E-state index in [9.17, 15) is 4.79 Å². The molecule has 1 fully saturated rings. The van der Waals surface area contributed by atoms with E-state index in [1.54, 1.807) is 23.5 Å². The zero-order valence-electron chi connectivity index (χ0n) is 12.8. The molecule has 0 N–H and O–H groups in total. The number of amides is 1. The quantitative estimate of drug-likeness (QED) is 0.843. The van der Waals surface area contributed by atoms with Crippen molar-refractivity contribution < 1.29 is 14.3 Å². The van der Waals surface area contributed by atoms with Crippen LogP contribution < -0.4 is 4.74 Å². The second-order valence-electron chi connectivity index (χ2n) is 5.24. The van der Waals surface area contributed by atoms with E-state index in [1.165, 1.54) is 0 Å². The minimum Gasteiger partial charge on any atom is -0.493 e. The maximum absolute atomic E-state index is 12.3. The summed E-state index contributed by atoms with van der Waals surface area (Å²) >= 11 is 0. The van der Waals surface area contributed by atoms with Crippen LogP contribution in [0.2, 0.25) is 0 Å². The zero-order chi connectivity index (χ0) is 15.9. The molecule has 1 atom stereocenters. The molecule has 0 aliphatic carbocycles. The second kappa shape index (κ2) is 7.69. The van der Waals surface area contributed by atoms with Crippen molar-refractivity contribution in [3.05, 3.63) is 54.6 Å². The number of hydrogen-bond donors (Lipinski definition) is 0. The van der Waals surface area contributed by atoms with Gasteiger partial charge in [0.2, 0.25) is 5.91 Å². The van der Waals surface area contributed by atoms with E-state index in [0.717, 1.165) is 11.4 Å². The van der Waals surface area contributed by atoms with Crippen LogP contribution in [0.1, 0.15) is 18.2 Å². The highest BCUT2D eigenvalue weighted by atomic mass is 16.5. The SMILES string of the molecule is O=C(CCOc1ccccc1)N1CCO[C@@H](c2cnccn2)C1. The topological polar surface area (TPSA) is 64.5 Å². The van der Waals surface area contributed by atoms with Crippen molar-refractivity contribution in [3.8, 4) is 5.75 Å². The van der Waals surface area contributed by atoms with Crippen LogP contribution >= 0.6 is 0 Å². The first kappa shape index (κ1) is 15.4. The number of carbonyl (C=O) groups is 1. The van der Waals surface area contributed by atoms with Gasteiger partial charge < -0.3 is 14.4 Å². The van der Waals surface area contributed by atoms with E-state index in [1.807, 2.05) is 30.3 Å². The number of nitrogens with zero attached hydrogens (tertiary/aromatic N) is 3. The number of para-hydroxylation sites is 1. The maximum Gasteiger partial charge on any atom is 0.226 e. The summed E-state index contributed by atoms with van der Waals surface area (Å²) in [7, 11) is 0. The number of benzene rings is 1. The summed E-state index contributed by atoms with van der Waals surface area (Å²) in [5.74, 6) is 0.845. The number of hydrogen-bond acceptors (Lipinski definition) is 5. The molecule has 3 rings (SSSR count). The van der Waals surface area contributed by atoms with E-state index in [4.69, 9.17) is 9.47 Å². The van der Waals surface area contributed by atoms with Gasteiger partial charge in [0.25, 0.3) is 0 Å². The highest BCUT2D eigenvalue weighted by Crippen LogP contribution is 2.20. The summed E-state index contributed by atoms with van der Waals surface area (Å²) < 4.78 is 11.3. The number of aromatic nitrogens is 2. The molecule has 1 aliphatic rings. The lowest BCUT2D eigenvalue weighted by Crippen LogP contribution is -2.42. The lowest BCUT2D eigenvalue weighted by Gasteiger charge is -2.32. The molecule has 0 bridgehead atoms. The smallest absolute Gasteiger partial charge is 0.226 e. The lowest BCUT2D eigenvalue weighted by atomic mass is 10.2. The molecule has 0 radical (unpaired) electrons. The van der Waals surface area contributed by atoms with Gasteiger partial charge in [0.1, 0.15) is 11.9 Å². The van der Waals surface area contributed by atoms with Gasteiger partial charge in [0, 0.05) is 18.9 Å². The Labute approximate surface area is 135 Å². The van der Waals surface area contributed by atoms with Crippen LogP contribution in [0, 0.1) is 0 Å². The standard InChI is InChI=1S/C17H19N3O3/c21-17(6-10-22-14-4-2-1-3-5-14)20-9-11-23-16(13-20)15-12-18-7-8-19-15/h1-5,7-8,12,16H,6,9-11,13H2/t16-/m1/s1. The summed E-state index contributed by atoms with van der Waals surface area (Å²) in [4.78, 5) is 22.4. The Bertz CT molecular complexity index is 621. The van der Waals surface area contributed by atoms with E-state index in [2.05, 4.69) is 9.97 Å². The van der Waals surface area contributed by atoms with Crippen molar-refractivity contribution in [2.45, 2.75) is 12.5 Å². The third-order valence-corrected chi connectivity index (χ3v) is 3.66. The van der Waals surface area contributed by atoms with Crippen molar-refractivity contribution in [1.82, 2.24) is 14.9 Å². The summed E-state index contributed by atoms with van der Waals surface area (Å²) in [6.07, 6.45) is 5.07. The molecule has 1 saturated heterocycles. The molecular weight excluding hydrogens is 294 g/mol. The highest BCUT2D eigenvalue weighted by Gasteiger charge is 2.26. The third kappa shape index (κ3) is 4.26. The minimum absolute atomic E-state index is 0.0677. The van der Waals surface area contributed by atoms with Crippen molar-refractivity contribution in [1.29, 1.82) is 0 Å². The Morgan fingerprint density at radius 2 is 2.17 bits per heavy atom. The van der Waals surface area contributed by atoms with E-state index >= 15 is 0 Å². The Hall–Kier alpha value is -2.47. The van der Waals surface area contributed by atoms with Crippen LogP contribution in [0.3, 0.4) is 0 Å². The molecule has 1 aromatic carbocycles. The summed E-state index contributed by atoms with van der Waals surface area (Å²) in [6.45, 7) is 1.98. The molecule has 2 heterocycles. The fourth-order valence-corrected chi connectivity index (χ4v) is 2.46.